The van der Waals surface area contributed by atoms with Gasteiger partial charge >= 0.3 is 5.97 Å². The topological polar surface area (TPSA) is 86.5 Å². The zero-order valence-electron chi connectivity index (χ0n) is 11.4. The second-order valence-electron chi connectivity index (χ2n) is 4.14. The van der Waals surface area contributed by atoms with Gasteiger partial charge in [0.2, 0.25) is 0 Å². The van der Waals surface area contributed by atoms with Crippen LogP contribution in [0.15, 0.2) is 24.4 Å². The zero-order chi connectivity index (χ0) is 14.7. The summed E-state index contributed by atoms with van der Waals surface area (Å²) in [7, 11) is 3.10. The fourth-order valence-corrected chi connectivity index (χ4v) is 1.84. The average Bonchev–Trinajstić information content (AvgIpc) is 2.94. The molecule has 0 amide bonds. The van der Waals surface area contributed by atoms with E-state index in [1.807, 2.05) is 0 Å². The summed E-state index contributed by atoms with van der Waals surface area (Å²) < 4.78 is 11.8. The first-order valence-corrected chi connectivity index (χ1v) is 5.94. The van der Waals surface area contributed by atoms with E-state index in [4.69, 9.17) is 14.6 Å². The van der Waals surface area contributed by atoms with Crippen molar-refractivity contribution in [1.82, 2.24) is 15.0 Å². The van der Waals surface area contributed by atoms with E-state index < -0.39 is 12.0 Å². The molecule has 1 heterocycles. The summed E-state index contributed by atoms with van der Waals surface area (Å²) in [6.07, 6.45) is 1.50. The molecule has 0 aliphatic carbocycles. The van der Waals surface area contributed by atoms with Gasteiger partial charge in [-0.15, -0.1) is 5.10 Å². The minimum atomic E-state index is -0.987. The maximum atomic E-state index is 11.1. The highest BCUT2D eigenvalue weighted by Crippen LogP contribution is 2.33. The number of nitrogens with zero attached hydrogens (tertiary/aromatic N) is 3. The highest BCUT2D eigenvalue weighted by atomic mass is 16.5. The second-order valence-corrected chi connectivity index (χ2v) is 4.14. The predicted molar refractivity (Wildman–Crippen MR) is 70.9 cm³/mol. The number of benzene rings is 1. The predicted octanol–water partition coefficient (Wildman–Crippen LogP) is 1.61. The van der Waals surface area contributed by atoms with Gasteiger partial charge in [0.1, 0.15) is 17.5 Å². The van der Waals surface area contributed by atoms with Crippen LogP contribution in [-0.4, -0.2) is 40.3 Å². The van der Waals surface area contributed by atoms with E-state index in [1.54, 1.807) is 32.4 Å². The van der Waals surface area contributed by atoms with E-state index in [-0.39, 0.29) is 0 Å². The van der Waals surface area contributed by atoms with E-state index in [0.717, 1.165) is 0 Å². The number of ether oxygens (including phenoxy) is 2. The molecule has 0 saturated heterocycles. The molecule has 1 N–H and O–H groups in total. The fraction of sp³-hybridized carbons (Fsp3) is 0.308. The minimum absolute atomic E-state index is 0.552. The number of hydrogen-bond donors (Lipinski definition) is 1. The van der Waals surface area contributed by atoms with Gasteiger partial charge < -0.3 is 14.6 Å². The van der Waals surface area contributed by atoms with Gasteiger partial charge in [0.15, 0.2) is 0 Å². The average molecular weight is 277 g/mol. The lowest BCUT2D eigenvalue weighted by molar-refractivity contribution is -0.140. The Labute approximate surface area is 115 Å². The quantitative estimate of drug-likeness (QED) is 0.893. The number of carboxylic acids is 1. The lowest BCUT2D eigenvalue weighted by atomic mass is 10.1. The van der Waals surface area contributed by atoms with Crippen LogP contribution in [0.25, 0.3) is 11.3 Å². The van der Waals surface area contributed by atoms with Crippen molar-refractivity contribution < 1.29 is 19.4 Å². The first-order chi connectivity index (χ1) is 9.58. The third-order valence-electron chi connectivity index (χ3n) is 2.98. The van der Waals surface area contributed by atoms with Crippen LogP contribution in [-0.2, 0) is 4.79 Å². The maximum Gasteiger partial charge on any atom is 0.328 e. The molecule has 20 heavy (non-hydrogen) atoms. The van der Waals surface area contributed by atoms with Crippen molar-refractivity contribution in [2.75, 3.05) is 14.2 Å². The minimum Gasteiger partial charge on any atom is -0.497 e. The lowest BCUT2D eigenvalue weighted by Crippen LogP contribution is -2.18. The molecule has 1 aromatic carbocycles. The molecule has 7 nitrogen and oxygen atoms in total. The largest absolute Gasteiger partial charge is 0.497 e. The van der Waals surface area contributed by atoms with Crippen LogP contribution in [0, 0.1) is 0 Å². The molecule has 1 unspecified atom stereocenters. The lowest BCUT2D eigenvalue weighted by Gasteiger charge is -2.13. The first kappa shape index (κ1) is 13.9. The normalized spacial score (nSPS) is 11.9. The summed E-state index contributed by atoms with van der Waals surface area (Å²) in [6.45, 7) is 1.53. The molecule has 0 radical (unpaired) electrons. The van der Waals surface area contributed by atoms with Crippen molar-refractivity contribution in [3.05, 3.63) is 24.4 Å². The summed E-state index contributed by atoms with van der Waals surface area (Å²) in [5.74, 6) is 0.238. The van der Waals surface area contributed by atoms with Gasteiger partial charge in [0.05, 0.1) is 26.1 Å². The standard InChI is InChI=1S/C13H15N3O4/c1-8(13(17)18)16-11(7-14-15-16)10-6-9(19-2)4-5-12(10)20-3/h4-8H,1-3H3,(H,17,18). The summed E-state index contributed by atoms with van der Waals surface area (Å²) in [5.41, 5.74) is 1.22. The first-order valence-electron chi connectivity index (χ1n) is 5.94. The number of carboxylic acid groups (broad SMARTS) is 1. The zero-order valence-corrected chi connectivity index (χ0v) is 11.4. The molecule has 0 saturated carbocycles. The van der Waals surface area contributed by atoms with E-state index in [0.29, 0.717) is 22.8 Å². The van der Waals surface area contributed by atoms with Crippen LogP contribution in [0.2, 0.25) is 0 Å². The SMILES string of the molecule is COc1ccc(OC)c(-c2cnnn2C(C)C(=O)O)c1. The Hall–Kier alpha value is -2.57. The third kappa shape index (κ3) is 2.42. The van der Waals surface area contributed by atoms with E-state index in [2.05, 4.69) is 10.3 Å². The van der Waals surface area contributed by atoms with Crippen molar-refractivity contribution in [2.45, 2.75) is 13.0 Å². The van der Waals surface area contributed by atoms with Crippen LogP contribution in [0.4, 0.5) is 0 Å². The molecule has 0 bridgehead atoms. The molecule has 2 rings (SSSR count). The molecular formula is C13H15N3O4. The second kappa shape index (κ2) is 5.60. The highest BCUT2D eigenvalue weighted by Gasteiger charge is 2.21. The van der Waals surface area contributed by atoms with Gasteiger partial charge in [-0.1, -0.05) is 5.21 Å². The summed E-state index contributed by atoms with van der Waals surface area (Å²) in [6, 6.07) is 4.43. The van der Waals surface area contributed by atoms with Crippen LogP contribution in [0.3, 0.4) is 0 Å². The molecule has 106 valence electrons. The Bertz CT molecular complexity index is 624. The van der Waals surface area contributed by atoms with Crippen LogP contribution in [0.1, 0.15) is 13.0 Å². The molecule has 2 aromatic rings. The molecular weight excluding hydrogens is 262 g/mol. The summed E-state index contributed by atoms with van der Waals surface area (Å²) in [5, 5.41) is 16.7. The van der Waals surface area contributed by atoms with Gasteiger partial charge in [0.25, 0.3) is 0 Å². The highest BCUT2D eigenvalue weighted by molar-refractivity contribution is 5.74. The van der Waals surface area contributed by atoms with Crippen molar-refractivity contribution >= 4 is 5.97 Å². The summed E-state index contributed by atoms with van der Waals surface area (Å²) in [4.78, 5) is 11.1. The molecule has 0 aliphatic rings. The van der Waals surface area contributed by atoms with Gasteiger partial charge in [-0.2, -0.15) is 0 Å². The fourth-order valence-electron chi connectivity index (χ4n) is 1.84. The number of hydrogen-bond acceptors (Lipinski definition) is 5. The maximum absolute atomic E-state index is 11.1. The number of carbonyl (C=O) groups is 1. The molecule has 0 fully saturated rings. The van der Waals surface area contributed by atoms with Crippen molar-refractivity contribution in [3.8, 4) is 22.8 Å². The van der Waals surface area contributed by atoms with E-state index >= 15 is 0 Å². The molecule has 7 heteroatoms. The Morgan fingerprint density at radius 3 is 2.70 bits per heavy atom. The van der Waals surface area contributed by atoms with Gasteiger partial charge in [-0.05, 0) is 25.1 Å². The van der Waals surface area contributed by atoms with Gasteiger partial charge in [-0.3, -0.25) is 0 Å². The van der Waals surface area contributed by atoms with Crippen molar-refractivity contribution in [2.24, 2.45) is 0 Å². The van der Waals surface area contributed by atoms with Crippen LogP contribution < -0.4 is 9.47 Å². The number of rotatable bonds is 5. The van der Waals surface area contributed by atoms with Gasteiger partial charge in [0, 0.05) is 5.56 Å². The smallest absolute Gasteiger partial charge is 0.328 e. The summed E-state index contributed by atoms with van der Waals surface area (Å²) >= 11 is 0. The third-order valence-corrected chi connectivity index (χ3v) is 2.98. The van der Waals surface area contributed by atoms with Crippen molar-refractivity contribution in [1.29, 1.82) is 0 Å². The van der Waals surface area contributed by atoms with Crippen LogP contribution >= 0.6 is 0 Å². The molecule has 1 aromatic heterocycles. The number of methoxy groups -OCH3 is 2. The van der Waals surface area contributed by atoms with Crippen molar-refractivity contribution in [3.63, 3.8) is 0 Å². The number of aliphatic carboxylic acids is 1. The molecule has 0 aliphatic heterocycles. The Kier molecular flexibility index (Phi) is 3.88. The monoisotopic (exact) mass is 277 g/mol. The Morgan fingerprint density at radius 2 is 2.10 bits per heavy atom. The number of aromatic nitrogens is 3. The van der Waals surface area contributed by atoms with Gasteiger partial charge in [-0.25, -0.2) is 9.48 Å². The van der Waals surface area contributed by atoms with E-state index in [9.17, 15) is 4.79 Å². The molecule has 0 spiro atoms. The van der Waals surface area contributed by atoms with Crippen LogP contribution in [0.5, 0.6) is 11.5 Å². The van der Waals surface area contributed by atoms with E-state index in [1.165, 1.54) is 17.8 Å². The Morgan fingerprint density at radius 1 is 1.35 bits per heavy atom. The Balaban J connectivity index is 2.56. The molecule has 1 atom stereocenters.